The Morgan fingerprint density at radius 1 is 0.963 bits per heavy atom. The fraction of sp³-hybridized carbons (Fsp3) is 0.211. The minimum atomic E-state index is -4.70. The monoisotopic (exact) mass is 379 g/mol. The first-order valence-corrected chi connectivity index (χ1v) is 7.99. The summed E-state index contributed by atoms with van der Waals surface area (Å²) < 4.78 is 54.7. The van der Waals surface area contributed by atoms with Gasteiger partial charge in [0.25, 0.3) is 0 Å². The third-order valence-electron chi connectivity index (χ3n) is 3.71. The summed E-state index contributed by atoms with van der Waals surface area (Å²) in [6.07, 6.45) is -4.70. The number of rotatable bonds is 6. The van der Waals surface area contributed by atoms with E-state index in [1.54, 1.807) is 48.5 Å². The molecule has 0 unspecified atom stereocenters. The molecule has 8 heteroatoms. The number of benzene rings is 2. The van der Waals surface area contributed by atoms with E-state index in [-0.39, 0.29) is 24.7 Å². The number of hydrogen-bond donors (Lipinski definition) is 1. The fourth-order valence-corrected chi connectivity index (χ4v) is 2.45. The van der Waals surface area contributed by atoms with Gasteiger partial charge in [-0.15, -0.1) is 0 Å². The first kappa shape index (κ1) is 18.8. The van der Waals surface area contributed by atoms with Gasteiger partial charge >= 0.3 is 12.1 Å². The van der Waals surface area contributed by atoms with Crippen LogP contribution in [0.5, 0.6) is 11.5 Å². The maximum absolute atomic E-state index is 13.1. The van der Waals surface area contributed by atoms with Gasteiger partial charge in [0.15, 0.2) is 5.76 Å². The molecule has 0 atom stereocenters. The summed E-state index contributed by atoms with van der Waals surface area (Å²) in [5.74, 6) is -0.260. The molecule has 5 nitrogen and oxygen atoms in total. The van der Waals surface area contributed by atoms with Crippen molar-refractivity contribution in [1.82, 2.24) is 4.98 Å². The molecule has 3 aromatic rings. The van der Waals surface area contributed by atoms with Crippen LogP contribution >= 0.6 is 0 Å². The van der Waals surface area contributed by atoms with Crippen LogP contribution in [0.25, 0.3) is 22.6 Å². The number of aliphatic hydroxyl groups is 1. The Labute approximate surface area is 153 Å². The number of ether oxygens (including phenoxy) is 2. The third-order valence-corrected chi connectivity index (χ3v) is 3.71. The highest BCUT2D eigenvalue weighted by Gasteiger charge is 2.39. The minimum Gasteiger partial charge on any atom is -0.497 e. The van der Waals surface area contributed by atoms with Crippen LogP contribution in [0.2, 0.25) is 0 Å². The zero-order valence-corrected chi connectivity index (χ0v) is 14.3. The SMILES string of the molecule is COc1ccc(-c2nc(C(F)(F)F)oc2-c2ccc(OCCO)cc2)cc1. The largest absolute Gasteiger partial charge is 0.497 e. The predicted octanol–water partition coefficient (Wildman–Crippen LogP) is 4.41. The predicted molar refractivity (Wildman–Crippen MR) is 91.5 cm³/mol. The average molecular weight is 379 g/mol. The van der Waals surface area contributed by atoms with Crippen molar-refractivity contribution >= 4 is 0 Å². The van der Waals surface area contributed by atoms with Crippen LogP contribution in [0.1, 0.15) is 5.89 Å². The van der Waals surface area contributed by atoms with Crippen molar-refractivity contribution in [1.29, 1.82) is 0 Å². The minimum absolute atomic E-state index is 0.00111. The highest BCUT2D eigenvalue weighted by atomic mass is 19.4. The number of oxazole rings is 1. The van der Waals surface area contributed by atoms with Crippen LogP contribution in [-0.2, 0) is 6.18 Å². The second-order valence-corrected chi connectivity index (χ2v) is 5.52. The molecule has 3 rings (SSSR count). The number of aliphatic hydroxyl groups excluding tert-OH is 1. The van der Waals surface area contributed by atoms with E-state index in [0.29, 0.717) is 22.6 Å². The van der Waals surface area contributed by atoms with Crippen molar-refractivity contribution in [3.05, 3.63) is 54.4 Å². The van der Waals surface area contributed by atoms with Gasteiger partial charge in [-0.25, -0.2) is 4.98 Å². The summed E-state index contributed by atoms with van der Waals surface area (Å²) in [5.41, 5.74) is 0.958. The lowest BCUT2D eigenvalue weighted by molar-refractivity contribution is -0.156. The molecule has 27 heavy (non-hydrogen) atoms. The summed E-state index contributed by atoms with van der Waals surface area (Å²) in [5, 5.41) is 8.78. The van der Waals surface area contributed by atoms with E-state index in [1.165, 1.54) is 7.11 Å². The molecule has 0 bridgehead atoms. The van der Waals surface area contributed by atoms with Gasteiger partial charge in [-0.2, -0.15) is 13.2 Å². The van der Waals surface area contributed by atoms with E-state index in [4.69, 9.17) is 19.0 Å². The van der Waals surface area contributed by atoms with Gasteiger partial charge < -0.3 is 19.0 Å². The van der Waals surface area contributed by atoms with E-state index in [2.05, 4.69) is 4.98 Å². The van der Waals surface area contributed by atoms with Crippen LogP contribution in [-0.4, -0.2) is 30.4 Å². The molecule has 0 fully saturated rings. The molecule has 0 saturated carbocycles. The van der Waals surface area contributed by atoms with Crippen LogP contribution in [0.4, 0.5) is 13.2 Å². The van der Waals surface area contributed by atoms with Crippen LogP contribution < -0.4 is 9.47 Å². The Bertz CT molecular complexity index is 887. The quantitative estimate of drug-likeness (QED) is 0.687. The maximum Gasteiger partial charge on any atom is 0.468 e. The smallest absolute Gasteiger partial charge is 0.468 e. The highest BCUT2D eigenvalue weighted by molar-refractivity contribution is 5.77. The van der Waals surface area contributed by atoms with Crippen molar-refractivity contribution in [2.24, 2.45) is 0 Å². The Balaban J connectivity index is 2.03. The topological polar surface area (TPSA) is 64.7 Å². The average Bonchev–Trinajstić information content (AvgIpc) is 3.13. The standard InChI is InChI=1S/C19H16F3NO4/c1-25-14-6-2-12(3-7-14)16-17(27-18(23-16)19(20,21)22)13-4-8-15(9-5-13)26-11-10-24/h2-9,24H,10-11H2,1H3. The summed E-state index contributed by atoms with van der Waals surface area (Å²) >= 11 is 0. The number of hydrogen-bond acceptors (Lipinski definition) is 5. The molecule has 1 N–H and O–H groups in total. The van der Waals surface area contributed by atoms with Crippen LogP contribution in [0, 0.1) is 0 Å². The number of halogens is 3. The second kappa shape index (κ2) is 7.71. The first-order valence-electron chi connectivity index (χ1n) is 7.99. The van der Waals surface area contributed by atoms with E-state index in [0.717, 1.165) is 0 Å². The molecule has 1 heterocycles. The van der Waals surface area contributed by atoms with Gasteiger partial charge in [0, 0.05) is 11.1 Å². The Morgan fingerprint density at radius 3 is 2.11 bits per heavy atom. The zero-order valence-electron chi connectivity index (χ0n) is 14.3. The molecule has 0 amide bonds. The number of alkyl halides is 3. The molecule has 1 aromatic heterocycles. The third kappa shape index (κ3) is 4.22. The van der Waals surface area contributed by atoms with Crippen LogP contribution in [0.3, 0.4) is 0 Å². The van der Waals surface area contributed by atoms with Gasteiger partial charge in [-0.05, 0) is 48.5 Å². The lowest BCUT2D eigenvalue weighted by atomic mass is 10.1. The van der Waals surface area contributed by atoms with Crippen molar-refractivity contribution < 1.29 is 32.2 Å². The van der Waals surface area contributed by atoms with E-state index in [1.807, 2.05) is 0 Å². The molecule has 0 aliphatic rings. The second-order valence-electron chi connectivity index (χ2n) is 5.52. The highest BCUT2D eigenvalue weighted by Crippen LogP contribution is 2.39. The summed E-state index contributed by atoms with van der Waals surface area (Å²) in [6.45, 7) is -0.0165. The van der Waals surface area contributed by atoms with Gasteiger partial charge in [-0.1, -0.05) is 0 Å². The summed E-state index contributed by atoms with van der Waals surface area (Å²) in [6, 6.07) is 12.8. The normalized spacial score (nSPS) is 11.4. The number of nitrogens with zero attached hydrogens (tertiary/aromatic N) is 1. The van der Waals surface area contributed by atoms with Gasteiger partial charge in [0.05, 0.1) is 13.7 Å². The van der Waals surface area contributed by atoms with E-state index in [9.17, 15) is 13.2 Å². The van der Waals surface area contributed by atoms with E-state index >= 15 is 0 Å². The Morgan fingerprint density at radius 2 is 1.56 bits per heavy atom. The maximum atomic E-state index is 13.1. The number of aromatic nitrogens is 1. The lowest BCUT2D eigenvalue weighted by Gasteiger charge is -2.06. The molecule has 0 spiro atoms. The Hall–Kier alpha value is -3.00. The fourth-order valence-electron chi connectivity index (χ4n) is 2.45. The molecule has 0 saturated heterocycles. The Kier molecular flexibility index (Phi) is 5.36. The van der Waals surface area contributed by atoms with Gasteiger partial charge in [0.1, 0.15) is 23.8 Å². The molecule has 0 aliphatic carbocycles. The molecular weight excluding hydrogens is 363 g/mol. The summed E-state index contributed by atoms with van der Waals surface area (Å²) in [4.78, 5) is 3.66. The zero-order chi connectivity index (χ0) is 19.4. The molecule has 142 valence electrons. The number of methoxy groups -OCH3 is 1. The van der Waals surface area contributed by atoms with Gasteiger partial charge in [-0.3, -0.25) is 0 Å². The molecule has 0 aliphatic heterocycles. The molecule has 2 aromatic carbocycles. The van der Waals surface area contributed by atoms with Crippen molar-refractivity contribution in [3.8, 4) is 34.1 Å². The summed E-state index contributed by atoms with van der Waals surface area (Å²) in [7, 11) is 1.50. The lowest BCUT2D eigenvalue weighted by Crippen LogP contribution is -2.04. The van der Waals surface area contributed by atoms with Gasteiger partial charge in [0.2, 0.25) is 0 Å². The van der Waals surface area contributed by atoms with Crippen LogP contribution in [0.15, 0.2) is 52.9 Å². The first-order chi connectivity index (χ1) is 12.9. The van der Waals surface area contributed by atoms with Crippen molar-refractivity contribution in [2.75, 3.05) is 20.3 Å². The molecular formula is C19H16F3NO4. The van der Waals surface area contributed by atoms with Crippen molar-refractivity contribution in [3.63, 3.8) is 0 Å². The molecule has 0 radical (unpaired) electrons. The van der Waals surface area contributed by atoms with E-state index < -0.39 is 12.1 Å². The van der Waals surface area contributed by atoms with Crippen molar-refractivity contribution in [2.45, 2.75) is 6.18 Å².